The van der Waals surface area contributed by atoms with Crippen LogP contribution < -0.4 is 21.7 Å². The Hall–Kier alpha value is -4.91. The molecule has 1 aromatic rings. The first-order chi connectivity index (χ1) is 21.3. The number of amides is 4. The molecule has 0 radical (unpaired) electrons. The number of benzene rings is 1. The van der Waals surface area contributed by atoms with Crippen LogP contribution in [0.25, 0.3) is 0 Å². The van der Waals surface area contributed by atoms with Crippen molar-refractivity contribution in [3.8, 4) is 5.75 Å². The summed E-state index contributed by atoms with van der Waals surface area (Å²) >= 11 is 1.35. The van der Waals surface area contributed by atoms with E-state index in [0.29, 0.717) is 5.56 Å². The summed E-state index contributed by atoms with van der Waals surface area (Å²) in [5.74, 6) is -7.62. The molecule has 0 spiro atoms. The van der Waals surface area contributed by atoms with Gasteiger partial charge in [0.05, 0.1) is 6.42 Å². The van der Waals surface area contributed by atoms with Crippen LogP contribution in [0.5, 0.6) is 5.75 Å². The number of hydrogen-bond donors (Lipinski definition) is 9. The zero-order valence-electron chi connectivity index (χ0n) is 24.8. The summed E-state index contributed by atoms with van der Waals surface area (Å²) < 4.78 is -0.648. The Morgan fingerprint density at radius 1 is 0.957 bits per heavy atom. The second-order valence-corrected chi connectivity index (χ2v) is 12.6. The van der Waals surface area contributed by atoms with Crippen molar-refractivity contribution in [2.75, 3.05) is 0 Å². The van der Waals surface area contributed by atoms with Crippen molar-refractivity contribution in [1.29, 1.82) is 0 Å². The lowest BCUT2D eigenvalue weighted by Gasteiger charge is -2.43. The van der Waals surface area contributed by atoms with Gasteiger partial charge in [0, 0.05) is 18.1 Å². The molecule has 2 aliphatic rings. The predicted octanol–water partition coefficient (Wildman–Crippen LogP) is -1.58. The SMILES string of the molecule is CC(=O)N[C@@H](CC(=O)N[C@@H](CCC(=O)O)C(=O)O)C(=O)O.CC1(C)S[C@@H]2[C@H](NC(=O)[C@H](N)c3ccc(O)cc3)C(=O)N2[C@H]1C(=O)O. The molecule has 2 aliphatic heterocycles. The van der Waals surface area contributed by atoms with Gasteiger partial charge in [0.15, 0.2) is 0 Å². The number of carbonyl (C=O) groups excluding carboxylic acids is 4. The number of nitrogens with one attached hydrogen (secondary N) is 3. The third-order valence-corrected chi connectivity index (χ3v) is 8.42. The maximum atomic E-state index is 12.3. The number of aliphatic carboxylic acids is 4. The Balaban J connectivity index is 0.000000327. The number of nitrogens with zero attached hydrogens (tertiary/aromatic N) is 1. The number of fused-ring (bicyclic) bond motifs is 1. The Bertz CT molecular complexity index is 1390. The molecule has 10 N–H and O–H groups in total. The van der Waals surface area contributed by atoms with Gasteiger partial charge in [0.25, 0.3) is 0 Å². The zero-order valence-corrected chi connectivity index (χ0v) is 25.6. The Labute approximate surface area is 265 Å². The number of carboxylic acids is 4. The van der Waals surface area contributed by atoms with Crippen LogP contribution in [0.1, 0.15) is 51.6 Å². The van der Waals surface area contributed by atoms with Crippen molar-refractivity contribution in [1.82, 2.24) is 20.9 Å². The van der Waals surface area contributed by atoms with Gasteiger partial charge in [-0.2, -0.15) is 0 Å². The molecule has 1 aromatic carbocycles. The minimum atomic E-state index is -1.49. The van der Waals surface area contributed by atoms with Gasteiger partial charge in [0.1, 0.15) is 41.3 Å². The zero-order chi connectivity index (χ0) is 35.1. The highest BCUT2D eigenvalue weighted by molar-refractivity contribution is 8.01. The second-order valence-electron chi connectivity index (χ2n) is 10.8. The van der Waals surface area contributed by atoms with E-state index >= 15 is 0 Å². The van der Waals surface area contributed by atoms with Crippen LogP contribution in [0, 0.1) is 0 Å². The number of phenolic OH excluding ortho intramolecular Hbond substituents is 1. The number of thioether (sulfide) groups is 1. The molecule has 46 heavy (non-hydrogen) atoms. The fraction of sp³-hybridized carbons (Fsp3) is 0.481. The highest BCUT2D eigenvalue weighted by atomic mass is 32.2. The number of phenols is 1. The smallest absolute Gasteiger partial charge is 0.327 e. The summed E-state index contributed by atoms with van der Waals surface area (Å²) in [5.41, 5.74) is 6.41. The molecule has 19 heteroatoms. The highest BCUT2D eigenvalue weighted by Crippen LogP contribution is 2.50. The molecule has 2 saturated heterocycles. The summed E-state index contributed by atoms with van der Waals surface area (Å²) in [6.45, 7) is 4.60. The third kappa shape index (κ3) is 9.54. The topological polar surface area (TPSA) is 303 Å². The van der Waals surface area contributed by atoms with E-state index in [1.54, 1.807) is 13.8 Å². The van der Waals surface area contributed by atoms with Crippen LogP contribution >= 0.6 is 11.8 Å². The average Bonchev–Trinajstić information content (AvgIpc) is 3.21. The number of rotatable bonds is 13. The number of β-lactam (4-membered cyclic amide) rings is 1. The molecule has 0 unspecified atom stereocenters. The first kappa shape index (κ1) is 37.3. The maximum absolute atomic E-state index is 12.3. The molecular weight excluding hydrogens is 634 g/mol. The maximum Gasteiger partial charge on any atom is 0.327 e. The molecule has 6 atom stereocenters. The van der Waals surface area contributed by atoms with E-state index < -0.39 is 101 Å². The molecule has 4 amide bonds. The fourth-order valence-corrected chi connectivity index (χ4v) is 6.26. The van der Waals surface area contributed by atoms with Gasteiger partial charge in [-0.25, -0.2) is 14.4 Å². The Morgan fingerprint density at radius 2 is 1.52 bits per heavy atom. The average molecular weight is 670 g/mol. The van der Waals surface area contributed by atoms with Crippen molar-refractivity contribution in [3.63, 3.8) is 0 Å². The summed E-state index contributed by atoms with van der Waals surface area (Å²) in [5, 5.41) is 51.0. The van der Waals surface area contributed by atoms with Crippen molar-refractivity contribution in [2.24, 2.45) is 5.73 Å². The number of nitrogens with two attached hydrogens (primary N) is 1. The van der Waals surface area contributed by atoms with Crippen LogP contribution in [-0.4, -0.2) is 112 Å². The van der Waals surface area contributed by atoms with Crippen molar-refractivity contribution < 1.29 is 63.9 Å². The minimum Gasteiger partial charge on any atom is -0.508 e. The quantitative estimate of drug-likeness (QED) is 0.107. The standard InChI is InChI=1S/C16H19N3O5S.C11H16N2O8/c1-16(2)11(15(23)24)19-13(22)10(14(19)25-16)18-12(21)9(17)7-3-5-8(20)6-4-7;1-5(14)12-7(11(20)21)4-8(15)13-6(10(18)19)2-3-9(16)17/h3-6,9-11,14,20H,17H2,1-2H3,(H,18,21)(H,23,24);6-7H,2-4H2,1H3,(H,12,14)(H,13,15)(H,16,17)(H,18,19)(H,20,21)/t9-,10-,11+,14-;6-,7-/m10/s1. The van der Waals surface area contributed by atoms with E-state index in [1.165, 1.54) is 40.9 Å². The molecule has 0 aromatic heterocycles. The van der Waals surface area contributed by atoms with Crippen LogP contribution in [0.2, 0.25) is 0 Å². The Kier molecular flexibility index (Phi) is 12.5. The van der Waals surface area contributed by atoms with Gasteiger partial charge in [-0.3, -0.25) is 24.0 Å². The van der Waals surface area contributed by atoms with Gasteiger partial charge >= 0.3 is 23.9 Å². The van der Waals surface area contributed by atoms with E-state index in [-0.39, 0.29) is 12.2 Å². The van der Waals surface area contributed by atoms with Crippen LogP contribution in [0.3, 0.4) is 0 Å². The van der Waals surface area contributed by atoms with Crippen LogP contribution in [0.4, 0.5) is 0 Å². The molecule has 0 saturated carbocycles. The van der Waals surface area contributed by atoms with Gasteiger partial charge in [-0.15, -0.1) is 11.8 Å². The number of hydrogen-bond acceptors (Lipinski definition) is 11. The first-order valence-electron chi connectivity index (χ1n) is 13.6. The lowest BCUT2D eigenvalue weighted by Crippen LogP contribution is -2.71. The Morgan fingerprint density at radius 3 is 2.00 bits per heavy atom. The predicted molar refractivity (Wildman–Crippen MR) is 157 cm³/mol. The molecule has 0 bridgehead atoms. The number of aromatic hydroxyl groups is 1. The lowest BCUT2D eigenvalue weighted by molar-refractivity contribution is -0.161. The monoisotopic (exact) mass is 669 g/mol. The fourth-order valence-electron chi connectivity index (χ4n) is 4.63. The molecule has 252 valence electrons. The number of carbonyl (C=O) groups is 8. The summed E-state index contributed by atoms with van der Waals surface area (Å²) in [7, 11) is 0. The van der Waals surface area contributed by atoms with E-state index in [9.17, 15) is 48.6 Å². The minimum absolute atomic E-state index is 0.0606. The van der Waals surface area contributed by atoms with Crippen molar-refractivity contribution >= 4 is 59.3 Å². The van der Waals surface area contributed by atoms with Crippen molar-refractivity contribution in [3.05, 3.63) is 29.8 Å². The van der Waals surface area contributed by atoms with E-state index in [4.69, 9.17) is 21.1 Å². The van der Waals surface area contributed by atoms with Crippen molar-refractivity contribution in [2.45, 2.75) is 80.4 Å². The van der Waals surface area contributed by atoms with Crippen LogP contribution in [0.15, 0.2) is 24.3 Å². The van der Waals surface area contributed by atoms with Gasteiger partial charge < -0.3 is 52.1 Å². The summed E-state index contributed by atoms with van der Waals surface area (Å²) in [6.07, 6.45) is -1.47. The molecule has 2 fully saturated rings. The first-order valence-corrected chi connectivity index (χ1v) is 14.5. The van der Waals surface area contributed by atoms with E-state index in [2.05, 4.69) is 5.32 Å². The molecule has 18 nitrogen and oxygen atoms in total. The summed E-state index contributed by atoms with van der Waals surface area (Å²) in [6, 6.07) is 0.272. The molecule has 3 rings (SSSR count). The second kappa shape index (κ2) is 15.4. The molecular formula is C27H35N5O13S. The van der Waals surface area contributed by atoms with Gasteiger partial charge in [0.2, 0.25) is 23.6 Å². The highest BCUT2D eigenvalue weighted by Gasteiger charge is 2.64. The van der Waals surface area contributed by atoms with Crippen LogP contribution in [-0.2, 0) is 38.4 Å². The van der Waals surface area contributed by atoms with E-state index in [0.717, 1.165) is 6.92 Å². The normalized spacial score (nSPS) is 21.1. The molecule has 0 aliphatic carbocycles. The van der Waals surface area contributed by atoms with E-state index in [1.807, 2.05) is 10.6 Å². The molecule has 2 heterocycles. The lowest BCUT2D eigenvalue weighted by atomic mass is 9.95. The summed E-state index contributed by atoms with van der Waals surface area (Å²) in [4.78, 5) is 91.9. The number of carboxylic acid groups (broad SMARTS) is 4. The van der Waals surface area contributed by atoms with Gasteiger partial charge in [-0.05, 0) is 38.0 Å². The largest absolute Gasteiger partial charge is 0.508 e. The van der Waals surface area contributed by atoms with Gasteiger partial charge in [-0.1, -0.05) is 12.1 Å². The third-order valence-electron chi connectivity index (χ3n) is 6.85.